The second kappa shape index (κ2) is 10.4. The van der Waals surface area contributed by atoms with Crippen LogP contribution in [0.25, 0.3) is 11.1 Å². The van der Waals surface area contributed by atoms with Crippen molar-refractivity contribution in [3.63, 3.8) is 0 Å². The Labute approximate surface area is 199 Å². The number of carboxylic acid groups (broad SMARTS) is 1. The van der Waals surface area contributed by atoms with Crippen molar-refractivity contribution >= 4 is 33.1 Å². The van der Waals surface area contributed by atoms with Gasteiger partial charge in [-0.25, -0.2) is 0 Å². The van der Waals surface area contributed by atoms with Gasteiger partial charge in [-0.2, -0.15) is 0 Å². The number of aliphatic carboxylic acids is 1. The van der Waals surface area contributed by atoms with Crippen LogP contribution in [0.15, 0.2) is 41.2 Å². The van der Waals surface area contributed by atoms with Crippen LogP contribution in [-0.2, 0) is 11.2 Å². The SMILES string of the molecule is C[C@H](NCCc1cc(F)c(-c2cc(C(=O)c3ccc(F)cc3F)c([As])[nH]c2=O)c(F)c1)C(=O)O. The van der Waals surface area contributed by atoms with Crippen LogP contribution in [0.1, 0.15) is 28.4 Å². The number of carbonyl (C=O) groups excluding carboxylic acids is 1. The minimum Gasteiger partial charge on any atom is -0.480 e. The first-order valence-corrected chi connectivity index (χ1v) is 10.8. The van der Waals surface area contributed by atoms with E-state index in [4.69, 9.17) is 5.11 Å². The monoisotopic (exact) mass is 536 g/mol. The van der Waals surface area contributed by atoms with Gasteiger partial charge in [0.2, 0.25) is 0 Å². The zero-order valence-corrected chi connectivity index (χ0v) is 19.5. The third-order valence-corrected chi connectivity index (χ3v) is 5.79. The average molecular weight is 536 g/mol. The number of hydrogen-bond donors (Lipinski definition) is 3. The first-order chi connectivity index (χ1) is 16.0. The minimum atomic E-state index is -1.13. The molecule has 0 fully saturated rings. The van der Waals surface area contributed by atoms with Gasteiger partial charge >= 0.3 is 183 Å². The fourth-order valence-electron chi connectivity index (χ4n) is 3.25. The van der Waals surface area contributed by atoms with E-state index in [0.29, 0.717) is 6.07 Å². The van der Waals surface area contributed by atoms with Crippen LogP contribution < -0.4 is 15.4 Å². The summed E-state index contributed by atoms with van der Waals surface area (Å²) in [4.78, 5) is 38.4. The number of hydrogen-bond acceptors (Lipinski definition) is 4. The molecule has 3 N–H and O–H groups in total. The third-order valence-electron chi connectivity index (χ3n) is 5.05. The van der Waals surface area contributed by atoms with Crippen LogP contribution in [0, 0.1) is 23.3 Å². The predicted octanol–water partition coefficient (Wildman–Crippen LogP) is 2.23. The molecule has 1 heterocycles. The first-order valence-electron chi connectivity index (χ1n) is 9.90. The Kier molecular flexibility index (Phi) is 7.74. The molecule has 0 saturated carbocycles. The average Bonchev–Trinajstić information content (AvgIpc) is 2.74. The molecular formula is C23H17AsF4N2O4. The van der Waals surface area contributed by atoms with Crippen LogP contribution in [0.2, 0.25) is 0 Å². The molecule has 0 bridgehead atoms. The Morgan fingerprint density at radius 2 is 1.68 bits per heavy atom. The van der Waals surface area contributed by atoms with E-state index in [0.717, 1.165) is 30.3 Å². The fourth-order valence-corrected chi connectivity index (χ4v) is 3.81. The van der Waals surface area contributed by atoms with Gasteiger partial charge < -0.3 is 5.11 Å². The van der Waals surface area contributed by atoms with Gasteiger partial charge in [0.25, 0.3) is 0 Å². The molecule has 11 heteroatoms. The van der Waals surface area contributed by atoms with Crippen LogP contribution in [0.4, 0.5) is 17.6 Å². The molecule has 1 atom stereocenters. The van der Waals surface area contributed by atoms with E-state index in [1.807, 2.05) is 16.9 Å². The van der Waals surface area contributed by atoms with Crippen LogP contribution >= 0.6 is 0 Å². The van der Waals surface area contributed by atoms with Crippen molar-refractivity contribution in [1.82, 2.24) is 10.3 Å². The number of carbonyl (C=O) groups is 2. The van der Waals surface area contributed by atoms with Gasteiger partial charge in [-0.1, -0.05) is 0 Å². The Morgan fingerprint density at radius 3 is 2.26 bits per heavy atom. The Balaban J connectivity index is 1.97. The second-order valence-electron chi connectivity index (χ2n) is 7.43. The molecule has 3 aromatic rings. The van der Waals surface area contributed by atoms with Gasteiger partial charge in [-0.05, 0) is 6.92 Å². The van der Waals surface area contributed by atoms with E-state index in [1.165, 1.54) is 6.92 Å². The molecule has 3 rings (SSSR count). The van der Waals surface area contributed by atoms with E-state index < -0.39 is 63.3 Å². The van der Waals surface area contributed by atoms with Crippen LogP contribution in [0.5, 0.6) is 0 Å². The maximum absolute atomic E-state index is 14.9. The van der Waals surface area contributed by atoms with Crippen molar-refractivity contribution in [3.8, 4) is 11.1 Å². The Hall–Kier alpha value is -3.23. The Bertz CT molecular complexity index is 1320. The van der Waals surface area contributed by atoms with Gasteiger partial charge in [0.1, 0.15) is 0 Å². The quantitative estimate of drug-likeness (QED) is 0.233. The molecule has 0 saturated heterocycles. The minimum absolute atomic E-state index is 0.0222. The maximum Gasteiger partial charge on any atom is 0.320 e. The number of pyridine rings is 1. The van der Waals surface area contributed by atoms with E-state index in [-0.39, 0.29) is 28.6 Å². The molecule has 0 amide bonds. The number of ketones is 1. The molecule has 0 aliphatic heterocycles. The zero-order valence-electron chi connectivity index (χ0n) is 17.6. The summed E-state index contributed by atoms with van der Waals surface area (Å²) in [5.74, 6) is -6.15. The molecule has 0 aliphatic carbocycles. The molecule has 0 aliphatic rings. The van der Waals surface area contributed by atoms with Gasteiger partial charge in [0.15, 0.2) is 0 Å². The Morgan fingerprint density at radius 1 is 1.03 bits per heavy atom. The van der Waals surface area contributed by atoms with Gasteiger partial charge in [0, 0.05) is 0 Å². The fraction of sp³-hybridized carbons (Fsp3) is 0.174. The van der Waals surface area contributed by atoms with Crippen LogP contribution in [0.3, 0.4) is 0 Å². The number of aromatic amines is 1. The maximum atomic E-state index is 14.9. The molecule has 0 spiro atoms. The van der Waals surface area contributed by atoms with Crippen molar-refractivity contribution in [2.45, 2.75) is 19.4 Å². The molecular weight excluding hydrogens is 519 g/mol. The summed E-state index contributed by atoms with van der Waals surface area (Å²) >= 11 is 1.90. The molecule has 0 unspecified atom stereocenters. The molecule has 6 nitrogen and oxygen atoms in total. The number of nitrogens with one attached hydrogen (secondary N) is 2. The van der Waals surface area contributed by atoms with Gasteiger partial charge in [-0.15, -0.1) is 0 Å². The molecule has 176 valence electrons. The second-order valence-corrected chi connectivity index (χ2v) is 8.36. The predicted molar refractivity (Wildman–Crippen MR) is 116 cm³/mol. The van der Waals surface area contributed by atoms with Crippen molar-refractivity contribution in [3.05, 3.63) is 86.7 Å². The van der Waals surface area contributed by atoms with Crippen molar-refractivity contribution in [2.24, 2.45) is 0 Å². The van der Waals surface area contributed by atoms with Crippen LogP contribution in [-0.4, -0.2) is 51.3 Å². The smallest absolute Gasteiger partial charge is 0.320 e. The number of aromatic nitrogens is 1. The van der Waals surface area contributed by atoms with Gasteiger partial charge in [-0.3, -0.25) is 4.79 Å². The third kappa shape index (κ3) is 5.46. The number of H-pyrrole nitrogens is 1. The number of halogens is 4. The van der Waals surface area contributed by atoms with E-state index in [9.17, 15) is 31.9 Å². The molecule has 2 radical (unpaired) electrons. The van der Waals surface area contributed by atoms with E-state index >= 15 is 0 Å². The van der Waals surface area contributed by atoms with E-state index in [1.54, 1.807) is 0 Å². The summed E-state index contributed by atoms with van der Waals surface area (Å²) < 4.78 is 57.0. The summed E-state index contributed by atoms with van der Waals surface area (Å²) in [6.45, 7) is 1.56. The summed E-state index contributed by atoms with van der Waals surface area (Å²) in [5.41, 5.74) is -2.55. The number of benzene rings is 2. The van der Waals surface area contributed by atoms with E-state index in [2.05, 4.69) is 10.3 Å². The summed E-state index contributed by atoms with van der Waals surface area (Å²) in [5, 5.41) is 11.5. The molecule has 34 heavy (non-hydrogen) atoms. The number of carboxylic acids is 1. The van der Waals surface area contributed by atoms with Crippen molar-refractivity contribution < 1.29 is 32.3 Å². The number of rotatable bonds is 8. The largest absolute Gasteiger partial charge is 0.480 e. The zero-order chi connectivity index (χ0) is 25.2. The molecule has 2 aromatic carbocycles. The summed E-state index contributed by atoms with van der Waals surface area (Å²) in [6, 6.07) is 4.45. The molecule has 1 aromatic heterocycles. The standard InChI is InChI=1S/C23H17AsF4N2O4/c1-10(23(33)34)29-5-4-11-6-17(27)19(18(28)7-11)14-9-15(21(24)30-22(14)32)20(31)13-3-2-12(25)8-16(13)26/h2-3,6-10,29H,4-5H2,1H3,(H,30,32)(H,33,34)/t10-/m0/s1. The van der Waals surface area contributed by atoms with Crippen molar-refractivity contribution in [1.29, 1.82) is 0 Å². The normalized spacial score (nSPS) is 11.9. The topological polar surface area (TPSA) is 99.3 Å². The summed E-state index contributed by atoms with van der Waals surface area (Å²) in [6.07, 6.45) is 0.112. The first kappa shape index (κ1) is 25.4. The van der Waals surface area contributed by atoms with Gasteiger partial charge in [0.05, 0.1) is 0 Å². The summed E-state index contributed by atoms with van der Waals surface area (Å²) in [7, 11) is 0. The van der Waals surface area contributed by atoms with Crippen molar-refractivity contribution in [2.75, 3.05) is 6.54 Å².